The summed E-state index contributed by atoms with van der Waals surface area (Å²) in [6, 6.07) is 13.4. The second-order valence-corrected chi connectivity index (χ2v) is 9.68. The molecule has 172 valence electrons. The van der Waals surface area contributed by atoms with Crippen LogP contribution in [0.25, 0.3) is 10.2 Å². The van der Waals surface area contributed by atoms with Crippen molar-refractivity contribution in [1.29, 1.82) is 0 Å². The number of benzene rings is 2. The molecule has 0 aliphatic carbocycles. The lowest BCUT2D eigenvalue weighted by atomic mass is 9.94. The quantitative estimate of drug-likeness (QED) is 0.359. The predicted octanol–water partition coefficient (Wildman–Crippen LogP) is 5.47. The van der Waals surface area contributed by atoms with Gasteiger partial charge in [-0.15, -0.1) is 11.3 Å². The summed E-state index contributed by atoms with van der Waals surface area (Å²) in [5.74, 6) is -0.728. The third kappa shape index (κ3) is 3.53. The topological polar surface area (TPSA) is 89.0 Å². The molecule has 1 atom stereocenters. The first-order valence-corrected chi connectivity index (χ1v) is 12.1. The molecule has 1 N–H and O–H groups in total. The lowest BCUT2D eigenvalue weighted by Crippen LogP contribution is -2.31. The zero-order chi connectivity index (χ0) is 24.0. The van der Waals surface area contributed by atoms with E-state index in [4.69, 9.17) is 9.47 Å². The Hall–Kier alpha value is -3.69. The van der Waals surface area contributed by atoms with E-state index in [1.165, 1.54) is 41.8 Å². The average Bonchev–Trinajstić information content (AvgIpc) is 3.57. The van der Waals surface area contributed by atoms with E-state index in [0.29, 0.717) is 27.1 Å². The maximum atomic E-state index is 13.5. The summed E-state index contributed by atoms with van der Waals surface area (Å²) in [4.78, 5) is 33.4. The number of rotatable bonds is 6. The van der Waals surface area contributed by atoms with Crippen LogP contribution in [-0.4, -0.2) is 36.0 Å². The third-order valence-corrected chi connectivity index (χ3v) is 7.55. The van der Waals surface area contributed by atoms with E-state index < -0.39 is 23.5 Å². The van der Waals surface area contributed by atoms with Crippen LogP contribution >= 0.6 is 22.7 Å². The number of anilines is 1. The molecule has 0 bridgehead atoms. The highest BCUT2D eigenvalue weighted by Crippen LogP contribution is 2.47. The molecule has 1 amide bonds. The zero-order valence-electron chi connectivity index (χ0n) is 18.6. The molecule has 5 rings (SSSR count). The summed E-state index contributed by atoms with van der Waals surface area (Å²) in [6.07, 6.45) is 0. The molecule has 0 saturated carbocycles. The van der Waals surface area contributed by atoms with Gasteiger partial charge in [-0.1, -0.05) is 23.5 Å². The second kappa shape index (κ2) is 8.58. The minimum atomic E-state index is -0.950. The zero-order valence-corrected chi connectivity index (χ0v) is 20.2. The number of fused-ring (bicyclic) bond motifs is 1. The summed E-state index contributed by atoms with van der Waals surface area (Å²) in [5.41, 5.74) is 2.28. The number of hydrogen-bond acceptors (Lipinski definition) is 8. The minimum Gasteiger partial charge on any atom is -0.503 e. The number of carbonyl (C=O) groups excluding carboxylic acids is 2. The fourth-order valence-electron chi connectivity index (χ4n) is 4.05. The summed E-state index contributed by atoms with van der Waals surface area (Å²) in [6.45, 7) is 1.98. The molecule has 4 aromatic rings. The van der Waals surface area contributed by atoms with Crippen LogP contribution in [0, 0.1) is 6.92 Å². The van der Waals surface area contributed by atoms with Gasteiger partial charge in [0.2, 0.25) is 5.78 Å². The number of aliphatic hydroxyl groups is 1. The third-order valence-electron chi connectivity index (χ3n) is 5.67. The highest BCUT2D eigenvalue weighted by Gasteiger charge is 2.47. The SMILES string of the molecule is COc1ccc(OC)c(C2C(C(=O)c3cccs3)=C(O)C(=O)N2c2nc3ccc(C)cc3s2)c1. The summed E-state index contributed by atoms with van der Waals surface area (Å²) < 4.78 is 11.9. The highest BCUT2D eigenvalue weighted by atomic mass is 32.1. The minimum absolute atomic E-state index is 0.0190. The molecular formula is C25H20N2O5S2. The number of hydrogen-bond donors (Lipinski definition) is 1. The smallest absolute Gasteiger partial charge is 0.296 e. The standard InChI is InChI=1S/C25H20N2O5S2/c1-13-6-8-16-19(11-13)34-25(26-16)27-21(15-12-14(31-2)7-9-17(15)32-3)20(23(29)24(27)30)22(28)18-5-4-10-33-18/h4-12,21,29H,1-3H3. The first kappa shape index (κ1) is 22.1. The Balaban J connectivity index is 1.74. The molecule has 3 heterocycles. The number of Topliss-reactive ketones (excluding diaryl/α,β-unsaturated/α-hetero) is 1. The number of aliphatic hydroxyl groups excluding tert-OH is 1. The Morgan fingerprint density at radius 2 is 1.94 bits per heavy atom. The van der Waals surface area contributed by atoms with Crippen LogP contribution in [0.2, 0.25) is 0 Å². The number of ketones is 1. The fraction of sp³-hybridized carbons (Fsp3) is 0.160. The van der Waals surface area contributed by atoms with Gasteiger partial charge in [0.05, 0.1) is 34.9 Å². The number of thiazole rings is 1. The Bertz CT molecular complexity index is 1460. The van der Waals surface area contributed by atoms with Gasteiger partial charge in [0, 0.05) is 5.56 Å². The van der Waals surface area contributed by atoms with Crippen LogP contribution in [0.5, 0.6) is 11.5 Å². The van der Waals surface area contributed by atoms with E-state index in [9.17, 15) is 14.7 Å². The Labute approximate surface area is 203 Å². The molecule has 0 radical (unpaired) electrons. The summed E-state index contributed by atoms with van der Waals surface area (Å²) >= 11 is 2.57. The van der Waals surface area contributed by atoms with Crippen molar-refractivity contribution < 1.29 is 24.2 Å². The summed E-state index contributed by atoms with van der Waals surface area (Å²) in [5, 5.41) is 13.1. The molecule has 2 aromatic heterocycles. The van der Waals surface area contributed by atoms with Gasteiger partial charge in [-0.3, -0.25) is 14.5 Å². The average molecular weight is 493 g/mol. The highest BCUT2D eigenvalue weighted by molar-refractivity contribution is 7.22. The van der Waals surface area contributed by atoms with E-state index in [1.54, 1.807) is 35.7 Å². The van der Waals surface area contributed by atoms with Gasteiger partial charge in [0.15, 0.2) is 10.9 Å². The fourth-order valence-corrected chi connectivity index (χ4v) is 5.81. The van der Waals surface area contributed by atoms with E-state index in [-0.39, 0.29) is 5.57 Å². The van der Waals surface area contributed by atoms with Gasteiger partial charge < -0.3 is 14.6 Å². The summed E-state index contributed by atoms with van der Waals surface area (Å²) in [7, 11) is 3.04. The van der Waals surface area contributed by atoms with Crippen LogP contribution in [-0.2, 0) is 4.79 Å². The van der Waals surface area contributed by atoms with Crippen molar-refractivity contribution in [3.05, 3.63) is 81.2 Å². The van der Waals surface area contributed by atoms with Crippen LogP contribution in [0.3, 0.4) is 0 Å². The largest absolute Gasteiger partial charge is 0.503 e. The van der Waals surface area contributed by atoms with Gasteiger partial charge in [0.25, 0.3) is 5.91 Å². The number of carbonyl (C=O) groups is 2. The molecule has 0 fully saturated rings. The van der Waals surface area contributed by atoms with Gasteiger partial charge in [-0.25, -0.2) is 4.98 Å². The number of thiophene rings is 1. The van der Waals surface area contributed by atoms with Crippen molar-refractivity contribution in [3.63, 3.8) is 0 Å². The van der Waals surface area contributed by atoms with Crippen molar-refractivity contribution >= 4 is 49.7 Å². The number of aromatic nitrogens is 1. The number of ether oxygens (including phenoxy) is 2. The molecule has 1 aliphatic heterocycles. The van der Waals surface area contributed by atoms with Crippen molar-refractivity contribution in [3.8, 4) is 11.5 Å². The maximum absolute atomic E-state index is 13.5. The second-order valence-electron chi connectivity index (χ2n) is 7.72. The molecule has 0 spiro atoms. The van der Waals surface area contributed by atoms with Crippen LogP contribution in [0.15, 0.2) is 65.2 Å². The number of amides is 1. The molecule has 1 unspecified atom stereocenters. The maximum Gasteiger partial charge on any atom is 0.296 e. The van der Waals surface area contributed by atoms with Gasteiger partial charge in [-0.2, -0.15) is 0 Å². The molecule has 2 aromatic carbocycles. The van der Waals surface area contributed by atoms with E-state index in [1.807, 2.05) is 25.1 Å². The van der Waals surface area contributed by atoms with Crippen molar-refractivity contribution in [2.75, 3.05) is 19.1 Å². The molecule has 1 aliphatic rings. The Morgan fingerprint density at radius 1 is 1.12 bits per heavy atom. The predicted molar refractivity (Wildman–Crippen MR) is 132 cm³/mol. The van der Waals surface area contributed by atoms with Crippen molar-refractivity contribution in [2.24, 2.45) is 0 Å². The number of methoxy groups -OCH3 is 2. The van der Waals surface area contributed by atoms with Crippen LogP contribution in [0.4, 0.5) is 5.13 Å². The Kier molecular flexibility index (Phi) is 5.59. The van der Waals surface area contributed by atoms with E-state index in [0.717, 1.165) is 15.8 Å². The molecule has 0 saturated heterocycles. The van der Waals surface area contributed by atoms with Gasteiger partial charge in [-0.05, 0) is 54.3 Å². The first-order valence-electron chi connectivity index (χ1n) is 10.4. The lowest BCUT2D eigenvalue weighted by molar-refractivity contribution is -0.117. The van der Waals surface area contributed by atoms with Gasteiger partial charge >= 0.3 is 0 Å². The molecular weight excluding hydrogens is 472 g/mol. The Morgan fingerprint density at radius 3 is 2.65 bits per heavy atom. The number of aryl methyl sites for hydroxylation is 1. The van der Waals surface area contributed by atoms with E-state index >= 15 is 0 Å². The van der Waals surface area contributed by atoms with Crippen molar-refractivity contribution in [1.82, 2.24) is 4.98 Å². The van der Waals surface area contributed by atoms with Gasteiger partial charge in [0.1, 0.15) is 17.5 Å². The normalized spacial score (nSPS) is 15.9. The molecule has 9 heteroatoms. The number of nitrogens with zero attached hydrogens (tertiary/aromatic N) is 2. The monoisotopic (exact) mass is 492 g/mol. The van der Waals surface area contributed by atoms with E-state index in [2.05, 4.69) is 4.98 Å². The molecule has 34 heavy (non-hydrogen) atoms. The lowest BCUT2D eigenvalue weighted by Gasteiger charge is -2.26. The van der Waals surface area contributed by atoms with Crippen LogP contribution < -0.4 is 14.4 Å². The first-order chi connectivity index (χ1) is 16.4. The van der Waals surface area contributed by atoms with Crippen LogP contribution in [0.1, 0.15) is 26.8 Å². The molecule has 7 nitrogen and oxygen atoms in total. The van der Waals surface area contributed by atoms with Crippen molar-refractivity contribution in [2.45, 2.75) is 13.0 Å².